The van der Waals surface area contributed by atoms with Crippen molar-refractivity contribution in [3.63, 3.8) is 0 Å². The van der Waals surface area contributed by atoms with E-state index in [1.807, 2.05) is 0 Å². The second-order valence-corrected chi connectivity index (χ2v) is 6.56. The van der Waals surface area contributed by atoms with Gasteiger partial charge in [0.05, 0.1) is 0 Å². The van der Waals surface area contributed by atoms with Gasteiger partial charge in [-0.25, -0.2) is 4.39 Å². The zero-order chi connectivity index (χ0) is 13.9. The predicted octanol–water partition coefficient (Wildman–Crippen LogP) is 4.61. The highest BCUT2D eigenvalue weighted by atomic mass is 35.5. The molecule has 102 valence electrons. The smallest absolute Gasteiger partial charge is 0.123 e. The maximum absolute atomic E-state index is 13.1. The average Bonchev–Trinajstić information content (AvgIpc) is 2.88. The Balaban J connectivity index is 1.95. The van der Waals surface area contributed by atoms with Crippen molar-refractivity contribution in [3.8, 4) is 0 Å². The van der Waals surface area contributed by atoms with Crippen molar-refractivity contribution in [1.82, 2.24) is 5.32 Å². The Morgan fingerprint density at radius 1 is 1.32 bits per heavy atom. The molecule has 1 N–H and O–H groups in total. The number of hydrogen-bond acceptors (Lipinski definition) is 2. The van der Waals surface area contributed by atoms with E-state index in [9.17, 15) is 4.39 Å². The van der Waals surface area contributed by atoms with Crippen LogP contribution in [0.3, 0.4) is 0 Å². The van der Waals surface area contributed by atoms with E-state index in [2.05, 4.69) is 36.7 Å². The van der Waals surface area contributed by atoms with Crippen molar-refractivity contribution in [2.75, 3.05) is 6.54 Å². The molecule has 0 atom stereocenters. The van der Waals surface area contributed by atoms with Crippen LogP contribution in [0.15, 0.2) is 35.7 Å². The first kappa shape index (κ1) is 14.5. The Morgan fingerprint density at radius 3 is 2.79 bits per heavy atom. The molecule has 1 aromatic carbocycles. The molecule has 0 bridgehead atoms. The number of rotatable bonds is 5. The van der Waals surface area contributed by atoms with Crippen LogP contribution in [0.5, 0.6) is 0 Å². The lowest BCUT2D eigenvalue weighted by Crippen LogP contribution is -2.32. The topological polar surface area (TPSA) is 12.0 Å². The molecular weight excluding hydrogens is 281 g/mol. The summed E-state index contributed by atoms with van der Waals surface area (Å²) in [6.45, 7) is 5.78. The molecule has 0 saturated heterocycles. The van der Waals surface area contributed by atoms with Crippen LogP contribution in [0, 0.1) is 5.82 Å². The van der Waals surface area contributed by atoms with Crippen molar-refractivity contribution in [3.05, 3.63) is 57.0 Å². The van der Waals surface area contributed by atoms with E-state index in [4.69, 9.17) is 11.6 Å². The monoisotopic (exact) mass is 297 g/mol. The molecule has 0 fully saturated rings. The molecule has 2 rings (SSSR count). The van der Waals surface area contributed by atoms with E-state index < -0.39 is 0 Å². The normalized spacial score (nSPS) is 11.8. The molecule has 0 aliphatic heterocycles. The number of nitrogens with one attached hydrogen (secondary N) is 1. The van der Waals surface area contributed by atoms with Gasteiger partial charge in [-0.2, -0.15) is 0 Å². The number of benzene rings is 1. The van der Waals surface area contributed by atoms with Crippen molar-refractivity contribution in [2.24, 2.45) is 0 Å². The molecule has 1 aromatic heterocycles. The van der Waals surface area contributed by atoms with Gasteiger partial charge in [0.25, 0.3) is 0 Å². The van der Waals surface area contributed by atoms with Gasteiger partial charge in [0.15, 0.2) is 0 Å². The van der Waals surface area contributed by atoms with E-state index in [-0.39, 0.29) is 11.2 Å². The van der Waals surface area contributed by atoms with Gasteiger partial charge < -0.3 is 5.32 Å². The van der Waals surface area contributed by atoms with Crippen LogP contribution in [0.4, 0.5) is 4.39 Å². The van der Waals surface area contributed by atoms with Gasteiger partial charge >= 0.3 is 0 Å². The summed E-state index contributed by atoms with van der Waals surface area (Å²) in [4.78, 5) is 1.34. The predicted molar refractivity (Wildman–Crippen MR) is 80.5 cm³/mol. The molecular formula is C15H17ClFNS. The quantitative estimate of drug-likeness (QED) is 0.850. The van der Waals surface area contributed by atoms with Gasteiger partial charge in [-0.3, -0.25) is 0 Å². The third-order valence-electron chi connectivity index (χ3n) is 3.08. The van der Waals surface area contributed by atoms with E-state index in [0.29, 0.717) is 11.6 Å². The fourth-order valence-electron chi connectivity index (χ4n) is 1.94. The first-order valence-corrected chi connectivity index (χ1v) is 7.43. The molecule has 1 nitrogen and oxygen atoms in total. The van der Waals surface area contributed by atoms with Gasteiger partial charge in [-0.1, -0.05) is 31.5 Å². The Hall–Kier alpha value is -0.900. The molecule has 0 spiro atoms. The van der Waals surface area contributed by atoms with Crippen molar-refractivity contribution < 1.29 is 4.39 Å². The Morgan fingerprint density at radius 2 is 2.11 bits per heavy atom. The first-order valence-electron chi connectivity index (χ1n) is 6.18. The molecule has 19 heavy (non-hydrogen) atoms. The number of thiophene rings is 1. The van der Waals surface area contributed by atoms with Crippen LogP contribution < -0.4 is 5.32 Å². The summed E-state index contributed by atoms with van der Waals surface area (Å²) in [7, 11) is 0. The molecule has 0 amide bonds. The van der Waals surface area contributed by atoms with Crippen molar-refractivity contribution >= 4 is 22.9 Å². The van der Waals surface area contributed by atoms with Crippen LogP contribution in [0.2, 0.25) is 5.02 Å². The summed E-state index contributed by atoms with van der Waals surface area (Å²) < 4.78 is 13.1. The zero-order valence-electron chi connectivity index (χ0n) is 11.0. The summed E-state index contributed by atoms with van der Waals surface area (Å²) in [5, 5.41) is 6.04. The third kappa shape index (κ3) is 3.78. The zero-order valence-corrected chi connectivity index (χ0v) is 12.6. The van der Waals surface area contributed by atoms with Crippen LogP contribution in [-0.4, -0.2) is 6.54 Å². The summed E-state index contributed by atoms with van der Waals surface area (Å²) in [5.74, 6) is -0.251. The average molecular weight is 298 g/mol. The van der Waals surface area contributed by atoms with Gasteiger partial charge in [0.2, 0.25) is 0 Å². The molecule has 4 heteroatoms. The van der Waals surface area contributed by atoms with Crippen molar-refractivity contribution in [2.45, 2.75) is 25.8 Å². The Labute approximate surface area is 122 Å². The largest absolute Gasteiger partial charge is 0.312 e. The fourth-order valence-corrected chi connectivity index (χ4v) is 2.98. The first-order chi connectivity index (χ1) is 8.99. The minimum atomic E-state index is -0.251. The van der Waals surface area contributed by atoms with Gasteiger partial charge in [-0.15, -0.1) is 11.3 Å². The van der Waals surface area contributed by atoms with Crippen molar-refractivity contribution in [1.29, 1.82) is 0 Å². The lowest BCUT2D eigenvalue weighted by Gasteiger charge is -2.24. The maximum atomic E-state index is 13.1. The highest BCUT2D eigenvalue weighted by molar-refractivity contribution is 7.10. The molecule has 2 aromatic rings. The van der Waals surface area contributed by atoms with Crippen LogP contribution in [0.25, 0.3) is 0 Å². The maximum Gasteiger partial charge on any atom is 0.123 e. The molecule has 0 unspecified atom stereocenters. The second kappa shape index (κ2) is 6.04. The highest BCUT2D eigenvalue weighted by Crippen LogP contribution is 2.27. The van der Waals surface area contributed by atoms with E-state index in [0.717, 1.165) is 12.1 Å². The summed E-state index contributed by atoms with van der Waals surface area (Å²) in [6.07, 6.45) is 0. The molecule has 0 radical (unpaired) electrons. The molecule has 0 aliphatic carbocycles. The number of hydrogen-bond donors (Lipinski definition) is 1. The Bertz CT molecular complexity index is 537. The van der Waals surface area contributed by atoms with Crippen LogP contribution in [0.1, 0.15) is 24.3 Å². The lowest BCUT2D eigenvalue weighted by atomic mass is 9.91. The summed E-state index contributed by atoms with van der Waals surface area (Å²) in [5.41, 5.74) is 0.859. The summed E-state index contributed by atoms with van der Waals surface area (Å²) >= 11 is 7.80. The van der Waals surface area contributed by atoms with Gasteiger partial charge in [0.1, 0.15) is 5.82 Å². The second-order valence-electron chi connectivity index (χ2n) is 5.20. The van der Waals surface area contributed by atoms with Crippen LogP contribution in [-0.2, 0) is 12.0 Å². The minimum Gasteiger partial charge on any atom is -0.312 e. The lowest BCUT2D eigenvalue weighted by molar-refractivity contribution is 0.476. The molecule has 0 aliphatic rings. The highest BCUT2D eigenvalue weighted by Gasteiger charge is 2.21. The minimum absolute atomic E-state index is 0.0635. The SMILES string of the molecule is CC(C)(CNCc1cc(F)ccc1Cl)c1cccs1. The van der Waals surface area contributed by atoms with Gasteiger partial charge in [0, 0.05) is 28.4 Å². The number of halogens is 2. The van der Waals surface area contributed by atoms with E-state index >= 15 is 0 Å². The summed E-state index contributed by atoms with van der Waals surface area (Å²) in [6, 6.07) is 8.65. The van der Waals surface area contributed by atoms with E-state index in [1.54, 1.807) is 17.4 Å². The third-order valence-corrected chi connectivity index (χ3v) is 4.68. The molecule has 1 heterocycles. The van der Waals surface area contributed by atoms with Gasteiger partial charge in [-0.05, 0) is 35.2 Å². The van der Waals surface area contributed by atoms with E-state index in [1.165, 1.54) is 17.0 Å². The standard InChI is InChI=1S/C15H17ClFNS/c1-15(2,14-4-3-7-19-14)10-18-9-11-8-12(17)5-6-13(11)16/h3-8,18H,9-10H2,1-2H3. The van der Waals surface area contributed by atoms with Crippen LogP contribution >= 0.6 is 22.9 Å². The molecule has 0 saturated carbocycles. The Kier molecular flexibility index (Phi) is 4.61. The fraction of sp³-hybridized carbons (Fsp3) is 0.333.